The van der Waals surface area contributed by atoms with Crippen LogP contribution in [0.5, 0.6) is 0 Å². The van der Waals surface area contributed by atoms with Crippen LogP contribution >= 0.6 is 0 Å². The van der Waals surface area contributed by atoms with E-state index in [9.17, 15) is 13.0 Å². The smallest absolute Gasteiger partial charge is 0.347 e. The first-order chi connectivity index (χ1) is 23.8. The Morgan fingerprint density at radius 3 is 1.04 bits per heavy atom. The van der Waals surface area contributed by atoms with Gasteiger partial charge < -0.3 is 28.5 Å². The summed E-state index contributed by atoms with van der Waals surface area (Å²) < 4.78 is 25.5. The van der Waals surface area contributed by atoms with Gasteiger partial charge in [0, 0.05) is 44.3 Å². The van der Waals surface area contributed by atoms with E-state index in [-0.39, 0.29) is 21.1 Å². The summed E-state index contributed by atoms with van der Waals surface area (Å²) in [6, 6.07) is 51.9. The van der Waals surface area contributed by atoms with Gasteiger partial charge in [-0.25, -0.2) is 0 Å². The average Bonchev–Trinajstić information content (AvgIpc) is 3.77. The number of rotatable bonds is 8. The van der Waals surface area contributed by atoms with Crippen molar-refractivity contribution in [2.24, 2.45) is 0 Å². The Balaban J connectivity index is 0.00000392. The van der Waals surface area contributed by atoms with Crippen molar-refractivity contribution in [2.75, 3.05) is 0 Å². The molecule has 6 nitrogen and oxygen atoms in total. The third-order valence-corrected chi connectivity index (χ3v) is 8.68. The molecule has 0 saturated heterocycles. The van der Waals surface area contributed by atoms with Gasteiger partial charge in [0.1, 0.15) is 2.74 Å². The molecular weight excluding hydrogens is 776 g/mol. The van der Waals surface area contributed by atoms with E-state index in [1.54, 1.807) is 21.3 Å². The van der Waals surface area contributed by atoms with E-state index < -0.39 is 18.1 Å². The van der Waals surface area contributed by atoms with Gasteiger partial charge in [-0.1, -0.05) is 170 Å². The molecule has 236 valence electrons. The zero-order valence-corrected chi connectivity index (χ0v) is 27.9. The minimum absolute atomic E-state index is 0. The largest absolute Gasteiger partial charge is 2.00 e. The van der Waals surface area contributed by atoms with Gasteiger partial charge in [0.05, 0.1) is 0 Å². The molecule has 7 heteroatoms. The van der Waals surface area contributed by atoms with Gasteiger partial charge in [-0.3, -0.25) is 0 Å². The molecule has 8 rings (SSSR count). The van der Waals surface area contributed by atoms with Crippen molar-refractivity contribution in [1.29, 1.82) is 0 Å². The second-order valence-electron chi connectivity index (χ2n) is 11.4. The normalized spacial score (nSPS) is 12.8. The fourth-order valence-corrected chi connectivity index (χ4v) is 6.38. The van der Waals surface area contributed by atoms with Crippen molar-refractivity contribution in [3.8, 4) is 0 Å². The first-order valence-corrected chi connectivity index (χ1v) is 15.4. The van der Waals surface area contributed by atoms with Gasteiger partial charge in [0.15, 0.2) is 6.62 Å². The summed E-state index contributed by atoms with van der Waals surface area (Å²) in [5, 5.41) is 25.5. The first-order valence-electron chi connectivity index (χ1n) is 16.4. The van der Waals surface area contributed by atoms with E-state index >= 15 is 0 Å². The molecule has 0 spiro atoms. The predicted molar refractivity (Wildman–Crippen MR) is 180 cm³/mol. The monoisotopic (exact) mass is 809 g/mol. The number of fused-ring (bicyclic) bond motifs is 2. The van der Waals surface area contributed by atoms with Crippen LogP contribution < -0.4 is 9.13 Å². The van der Waals surface area contributed by atoms with E-state index in [1.807, 2.05) is 158 Å². The van der Waals surface area contributed by atoms with Crippen molar-refractivity contribution in [3.63, 3.8) is 0 Å². The molecule has 2 N–H and O–H groups in total. The van der Waals surface area contributed by atoms with Crippen molar-refractivity contribution < 1.29 is 43.2 Å². The van der Waals surface area contributed by atoms with E-state index in [2.05, 4.69) is 12.7 Å². The Labute approximate surface area is 296 Å². The second-order valence-corrected chi connectivity index (χ2v) is 11.4. The van der Waals surface area contributed by atoms with Crippen LogP contribution in [0.15, 0.2) is 170 Å². The molecule has 48 heavy (non-hydrogen) atoms. The molecule has 6 aromatic carbocycles. The van der Waals surface area contributed by atoms with Gasteiger partial charge in [-0.05, 0) is 0 Å². The molecule has 0 aliphatic rings. The first kappa shape index (κ1) is 29.0. The quantitative estimate of drug-likeness (QED) is 0.152. The number of nitrogens with zero attached hydrogens (tertiary/aromatic N) is 4. The summed E-state index contributed by atoms with van der Waals surface area (Å²) in [4.78, 5) is 0. The molecule has 0 aliphatic heterocycles. The number of benzene rings is 6. The zero-order valence-electron chi connectivity index (χ0n) is 27.7. The molecule has 2 aromatic heterocycles. The van der Waals surface area contributed by atoms with Crippen LogP contribution in [0.4, 0.5) is 0 Å². The molecule has 2 heterocycles. The molecule has 0 radical (unpaired) electrons. The van der Waals surface area contributed by atoms with Crippen LogP contribution in [0.1, 0.15) is 25.0 Å². The molecule has 0 unspecified atom stereocenters. The van der Waals surface area contributed by atoms with Crippen LogP contribution in [0, 0.1) is 12.7 Å². The van der Waals surface area contributed by atoms with E-state index in [4.69, 9.17) is 0 Å². The van der Waals surface area contributed by atoms with E-state index in [1.165, 1.54) is 9.13 Å². The maximum atomic E-state index is 12.8. The van der Waals surface area contributed by atoms with Crippen LogP contribution in [0.25, 0.3) is 22.1 Å². The van der Waals surface area contributed by atoms with Crippen LogP contribution in [-0.4, -0.2) is 19.3 Å². The van der Waals surface area contributed by atoms with Crippen molar-refractivity contribution >= 4 is 22.1 Å². The predicted octanol–water partition coefficient (Wildman–Crippen LogP) is 5.76. The van der Waals surface area contributed by atoms with Crippen LogP contribution in [0.2, 0.25) is 0 Å². The molecule has 8 aromatic rings. The molecule has 0 saturated carbocycles. The summed E-state index contributed by atoms with van der Waals surface area (Å²) in [5.74, 6) is 0. The molecule has 0 aliphatic carbocycles. The molecule has 0 fully saturated rings. The number of hydrogen-bond donors (Lipinski definition) is 2. The van der Waals surface area contributed by atoms with Gasteiger partial charge in [-0.15, -0.1) is 0 Å². The third kappa shape index (κ3) is 5.10. The Morgan fingerprint density at radius 1 is 0.458 bits per heavy atom. The molecule has 0 bridgehead atoms. The Hall–Kier alpha value is -5.13. The number of imidazole rings is 2. The summed E-state index contributed by atoms with van der Waals surface area (Å²) >= 11 is 0. The average molecular weight is 810 g/mol. The summed E-state index contributed by atoms with van der Waals surface area (Å²) in [7, 11) is 0. The van der Waals surface area contributed by atoms with Gasteiger partial charge in [0.2, 0.25) is 24.1 Å². The summed E-state index contributed by atoms with van der Waals surface area (Å²) in [6.07, 6.45) is 6.48. The van der Waals surface area contributed by atoms with E-state index in [0.717, 1.165) is 0 Å². The number of para-hydroxylation sites is 4. The second kappa shape index (κ2) is 12.8. The van der Waals surface area contributed by atoms with E-state index in [0.29, 0.717) is 44.3 Å². The van der Waals surface area contributed by atoms with Crippen molar-refractivity contribution in [3.05, 3.63) is 205 Å². The summed E-state index contributed by atoms with van der Waals surface area (Å²) in [6.45, 7) is -2.34. The van der Waals surface area contributed by atoms with Crippen molar-refractivity contribution in [1.82, 2.24) is 9.13 Å². The van der Waals surface area contributed by atoms with Crippen LogP contribution in [0.3, 0.4) is 0 Å². The number of hydrogen-bond acceptors (Lipinski definition) is 2. The topological polar surface area (TPSA) is 58.1 Å². The standard InChI is InChI=1S/C41H32N4O2.Pt/c46-40(32-17-5-1-6-18-32,33-19-7-2-8-20-33)44-30-42(36-25-13-15-27-38(36)44)29-43-31-45(39-28-16-14-26-37(39)43)41(47,34-21-9-3-10-22-34)35-23-11-4-12-24-35;/h1-28,46-47H,29H2;/q;+2/i29D2;. The van der Waals surface area contributed by atoms with Gasteiger partial charge in [-0.2, -0.15) is 0 Å². The number of aromatic nitrogens is 4. The fraction of sp³-hybridized carbons (Fsp3) is 0.0732. The van der Waals surface area contributed by atoms with Gasteiger partial charge >= 0.3 is 21.1 Å². The van der Waals surface area contributed by atoms with Gasteiger partial charge in [0.25, 0.3) is 0 Å². The molecule has 0 atom stereocenters. The Morgan fingerprint density at radius 2 is 0.729 bits per heavy atom. The summed E-state index contributed by atoms with van der Waals surface area (Å²) in [5.41, 5.74) is 1.05. The SMILES string of the molecule is [2H]C([2H])(n1[c-][n+](C(O)(c2ccccc2)c2ccccc2)c2ccccc21)n1[c-][n+](C(O)(c2ccccc2)c2ccccc2)c2ccccc21.[Pt+2]. The minimum Gasteiger partial charge on any atom is -0.347 e. The molecular formula is C41H32N4O2Pt+2. The fourth-order valence-electron chi connectivity index (χ4n) is 6.38. The van der Waals surface area contributed by atoms with Crippen LogP contribution in [-0.2, 0) is 39.1 Å². The maximum Gasteiger partial charge on any atom is 2.00 e. The Bertz CT molecular complexity index is 2150. The Kier molecular flexibility index (Phi) is 7.75. The molecule has 0 amide bonds. The third-order valence-electron chi connectivity index (χ3n) is 8.68. The maximum absolute atomic E-state index is 12.8. The van der Waals surface area contributed by atoms with Crippen molar-refractivity contribution in [2.45, 2.75) is 18.1 Å². The number of aliphatic hydroxyl groups is 2. The minimum atomic E-state index is -2.34. The zero-order chi connectivity index (χ0) is 33.6.